The standard InChI is InChI=1S/C11H11N3S2/c1-2-4-9-8(3-1)6-15-7-10(9)13-11-5-12-14-16-11/h1-5,10,13H,6-7H2. The molecule has 5 heteroatoms. The maximum Gasteiger partial charge on any atom is 0.130 e. The highest BCUT2D eigenvalue weighted by Gasteiger charge is 2.20. The van der Waals surface area contributed by atoms with E-state index in [1.807, 2.05) is 11.8 Å². The number of anilines is 1. The van der Waals surface area contributed by atoms with Crippen LogP contribution in [0.2, 0.25) is 0 Å². The summed E-state index contributed by atoms with van der Waals surface area (Å²) >= 11 is 3.38. The van der Waals surface area contributed by atoms with Gasteiger partial charge in [-0.05, 0) is 11.1 Å². The summed E-state index contributed by atoms with van der Waals surface area (Å²) in [5, 5.41) is 8.38. The highest BCUT2D eigenvalue weighted by Crippen LogP contribution is 2.34. The van der Waals surface area contributed by atoms with Crippen LogP contribution in [0, 0.1) is 0 Å². The summed E-state index contributed by atoms with van der Waals surface area (Å²) in [4.78, 5) is 0. The average molecular weight is 249 g/mol. The molecule has 2 aromatic rings. The van der Waals surface area contributed by atoms with Crippen molar-refractivity contribution in [3.05, 3.63) is 41.6 Å². The molecule has 2 heterocycles. The van der Waals surface area contributed by atoms with Crippen molar-refractivity contribution in [2.45, 2.75) is 11.8 Å². The first-order valence-corrected chi connectivity index (χ1v) is 7.06. The first-order valence-electron chi connectivity index (χ1n) is 5.13. The number of thioether (sulfide) groups is 1. The molecule has 0 saturated heterocycles. The molecule has 3 nitrogen and oxygen atoms in total. The molecule has 16 heavy (non-hydrogen) atoms. The zero-order chi connectivity index (χ0) is 10.8. The van der Waals surface area contributed by atoms with E-state index in [-0.39, 0.29) is 0 Å². The lowest BCUT2D eigenvalue weighted by Crippen LogP contribution is -2.18. The van der Waals surface area contributed by atoms with Crippen LogP contribution in [0.25, 0.3) is 0 Å². The van der Waals surface area contributed by atoms with E-state index in [1.54, 1.807) is 6.20 Å². The van der Waals surface area contributed by atoms with E-state index < -0.39 is 0 Å². The van der Waals surface area contributed by atoms with Gasteiger partial charge < -0.3 is 5.32 Å². The fraction of sp³-hybridized carbons (Fsp3) is 0.273. The first kappa shape index (κ1) is 10.1. The van der Waals surface area contributed by atoms with Gasteiger partial charge in [-0.1, -0.05) is 28.8 Å². The molecule has 0 bridgehead atoms. The highest BCUT2D eigenvalue weighted by molar-refractivity contribution is 7.98. The van der Waals surface area contributed by atoms with E-state index >= 15 is 0 Å². The Hall–Kier alpha value is -1.07. The van der Waals surface area contributed by atoms with Crippen molar-refractivity contribution in [3.63, 3.8) is 0 Å². The molecule has 0 amide bonds. The lowest BCUT2D eigenvalue weighted by atomic mass is 10.0. The summed E-state index contributed by atoms with van der Waals surface area (Å²) in [6, 6.07) is 9.02. The van der Waals surface area contributed by atoms with Crippen LogP contribution in [0.15, 0.2) is 30.5 Å². The molecule has 0 spiro atoms. The Kier molecular flexibility index (Phi) is 2.80. The van der Waals surface area contributed by atoms with E-state index in [2.05, 4.69) is 39.2 Å². The number of benzene rings is 1. The van der Waals surface area contributed by atoms with Crippen molar-refractivity contribution < 1.29 is 0 Å². The monoisotopic (exact) mass is 249 g/mol. The van der Waals surface area contributed by atoms with Gasteiger partial charge in [0.05, 0.1) is 12.2 Å². The van der Waals surface area contributed by atoms with Gasteiger partial charge >= 0.3 is 0 Å². The van der Waals surface area contributed by atoms with Crippen molar-refractivity contribution in [1.82, 2.24) is 9.59 Å². The van der Waals surface area contributed by atoms with Crippen molar-refractivity contribution in [2.24, 2.45) is 0 Å². The fourth-order valence-electron chi connectivity index (χ4n) is 1.90. The molecule has 3 rings (SSSR count). The molecule has 0 aliphatic carbocycles. The SMILES string of the molecule is c1ccc2c(c1)CSCC2Nc1cnns1. The molecule has 1 aromatic carbocycles. The van der Waals surface area contributed by atoms with Gasteiger partial charge in [0.25, 0.3) is 0 Å². The van der Waals surface area contributed by atoms with Crippen molar-refractivity contribution in [1.29, 1.82) is 0 Å². The molecule has 82 valence electrons. The second kappa shape index (κ2) is 4.43. The average Bonchev–Trinajstić information content (AvgIpc) is 2.82. The smallest absolute Gasteiger partial charge is 0.130 e. The highest BCUT2D eigenvalue weighted by atomic mass is 32.2. The normalized spacial score (nSPS) is 19.1. The van der Waals surface area contributed by atoms with Crippen molar-refractivity contribution >= 4 is 28.3 Å². The van der Waals surface area contributed by atoms with Crippen LogP contribution in [-0.2, 0) is 5.75 Å². The van der Waals surface area contributed by atoms with E-state index in [9.17, 15) is 0 Å². The molecule has 0 saturated carbocycles. The lowest BCUT2D eigenvalue weighted by molar-refractivity contribution is 0.874. The molecule has 0 fully saturated rings. The minimum Gasteiger partial charge on any atom is -0.367 e. The van der Waals surface area contributed by atoms with E-state index in [1.165, 1.54) is 22.7 Å². The topological polar surface area (TPSA) is 37.8 Å². The maximum absolute atomic E-state index is 3.87. The van der Waals surface area contributed by atoms with Crippen LogP contribution in [0.5, 0.6) is 0 Å². The Balaban J connectivity index is 1.87. The first-order chi connectivity index (χ1) is 7.93. The third-order valence-corrected chi connectivity index (χ3v) is 4.33. The van der Waals surface area contributed by atoms with Gasteiger partial charge in [-0.3, -0.25) is 0 Å². The predicted octanol–water partition coefficient (Wildman–Crippen LogP) is 2.94. The summed E-state index contributed by atoms with van der Waals surface area (Å²) in [5.74, 6) is 2.23. The Morgan fingerprint density at radius 1 is 1.31 bits per heavy atom. The number of hydrogen-bond donors (Lipinski definition) is 1. The Bertz CT molecular complexity index is 470. The quantitative estimate of drug-likeness (QED) is 0.888. The van der Waals surface area contributed by atoms with Crippen LogP contribution >= 0.6 is 23.3 Å². The Morgan fingerprint density at radius 2 is 2.25 bits per heavy atom. The molecule has 1 atom stereocenters. The molecule has 0 radical (unpaired) electrons. The lowest BCUT2D eigenvalue weighted by Gasteiger charge is -2.25. The van der Waals surface area contributed by atoms with Gasteiger partial charge in [0.2, 0.25) is 0 Å². The summed E-state index contributed by atoms with van der Waals surface area (Å²) in [7, 11) is 0. The maximum atomic E-state index is 3.87. The second-order valence-corrected chi connectivity index (χ2v) is 5.51. The van der Waals surface area contributed by atoms with Crippen molar-refractivity contribution in [3.8, 4) is 0 Å². The molecule has 1 N–H and O–H groups in total. The van der Waals surface area contributed by atoms with E-state index in [4.69, 9.17) is 0 Å². The molecule has 1 aliphatic heterocycles. The zero-order valence-electron chi connectivity index (χ0n) is 8.59. The van der Waals surface area contributed by atoms with Crippen LogP contribution in [0.3, 0.4) is 0 Å². The summed E-state index contributed by atoms with van der Waals surface area (Å²) in [6.45, 7) is 0. The number of fused-ring (bicyclic) bond motifs is 1. The van der Waals surface area contributed by atoms with Gasteiger partial charge in [0, 0.05) is 23.0 Å². The summed E-state index contributed by atoms with van der Waals surface area (Å²) in [6.07, 6.45) is 1.78. The number of aromatic nitrogens is 2. The molecule has 1 unspecified atom stereocenters. The second-order valence-electron chi connectivity index (χ2n) is 3.69. The number of hydrogen-bond acceptors (Lipinski definition) is 5. The fourth-order valence-corrected chi connectivity index (χ4v) is 3.47. The predicted molar refractivity (Wildman–Crippen MR) is 68.9 cm³/mol. The minimum atomic E-state index is 0.386. The molecular weight excluding hydrogens is 238 g/mol. The van der Waals surface area contributed by atoms with Crippen LogP contribution in [0.4, 0.5) is 5.00 Å². The van der Waals surface area contributed by atoms with Gasteiger partial charge in [0.15, 0.2) is 0 Å². The molecular formula is C11H11N3S2. The third kappa shape index (κ3) is 1.92. The minimum absolute atomic E-state index is 0.386. The Labute approximate surface area is 102 Å². The van der Waals surface area contributed by atoms with Gasteiger partial charge in [-0.25, -0.2) is 0 Å². The number of nitrogens with one attached hydrogen (secondary N) is 1. The summed E-state index contributed by atoms with van der Waals surface area (Å²) in [5.41, 5.74) is 2.85. The van der Waals surface area contributed by atoms with E-state index in [0.29, 0.717) is 6.04 Å². The Morgan fingerprint density at radius 3 is 3.12 bits per heavy atom. The van der Waals surface area contributed by atoms with Crippen LogP contribution < -0.4 is 5.32 Å². The van der Waals surface area contributed by atoms with Gasteiger partial charge in [-0.2, -0.15) is 11.8 Å². The van der Waals surface area contributed by atoms with Gasteiger partial charge in [0.1, 0.15) is 5.00 Å². The third-order valence-electron chi connectivity index (χ3n) is 2.65. The largest absolute Gasteiger partial charge is 0.367 e. The summed E-state index contributed by atoms with van der Waals surface area (Å²) < 4.78 is 3.87. The van der Waals surface area contributed by atoms with Crippen LogP contribution in [0.1, 0.15) is 17.2 Å². The van der Waals surface area contributed by atoms with E-state index in [0.717, 1.165) is 16.5 Å². The molecule has 1 aromatic heterocycles. The number of nitrogens with zero attached hydrogens (tertiary/aromatic N) is 2. The van der Waals surface area contributed by atoms with Gasteiger partial charge in [-0.15, -0.1) is 5.10 Å². The zero-order valence-corrected chi connectivity index (χ0v) is 10.2. The number of rotatable bonds is 2. The molecule has 1 aliphatic rings. The van der Waals surface area contributed by atoms with Crippen LogP contribution in [-0.4, -0.2) is 15.3 Å². The van der Waals surface area contributed by atoms with Crippen molar-refractivity contribution in [2.75, 3.05) is 11.1 Å².